The molecule has 0 aromatic rings. The van der Waals surface area contributed by atoms with Crippen molar-refractivity contribution in [2.75, 3.05) is 0 Å². The lowest BCUT2D eigenvalue weighted by molar-refractivity contribution is 1.22. The molecule has 0 aliphatic heterocycles. The van der Waals surface area contributed by atoms with Crippen LogP contribution in [-0.2, 0) is 0 Å². The Bertz CT molecular complexity index is 406. The molecule has 15 heavy (non-hydrogen) atoms. The molecule has 0 aromatic heterocycles. The smallest absolute Gasteiger partial charge is 0.0314 e. The first kappa shape index (κ1) is 11.6. The first-order valence-corrected chi connectivity index (χ1v) is 4.74. The van der Waals surface area contributed by atoms with E-state index in [1.54, 1.807) is 0 Å². The normalized spacial score (nSPS) is 29.7. The van der Waals surface area contributed by atoms with E-state index in [2.05, 4.69) is 30.4 Å². The van der Waals surface area contributed by atoms with Gasteiger partial charge in [-0.1, -0.05) is 42.5 Å². The fourth-order valence-electron chi connectivity index (χ4n) is 1.50. The molecule has 1 nitrogen and oxygen atoms in total. The molecule has 2 N–H and O–H groups in total. The van der Waals surface area contributed by atoms with Crippen LogP contribution in [0.1, 0.15) is 6.42 Å². The van der Waals surface area contributed by atoms with E-state index in [9.17, 15) is 0 Å². The number of hydrogen-bond donors (Lipinski definition) is 1. The van der Waals surface area contributed by atoms with Crippen LogP contribution in [-0.4, -0.2) is 0 Å². The lowest BCUT2D eigenvalue weighted by atomic mass is 9.97. The summed E-state index contributed by atoms with van der Waals surface area (Å²) >= 11 is 0. The Morgan fingerprint density at radius 1 is 0.933 bits per heavy atom. The molecular formula is C13H14ClN. The van der Waals surface area contributed by atoms with Crippen molar-refractivity contribution in [3.05, 3.63) is 71.5 Å². The Morgan fingerprint density at radius 2 is 1.73 bits per heavy atom. The minimum absolute atomic E-state index is 0. The number of nitrogens with two attached hydrogens (primary N) is 1. The summed E-state index contributed by atoms with van der Waals surface area (Å²) in [6.07, 6.45) is 19.4. The number of halogens is 1. The molecule has 0 fully saturated rings. The summed E-state index contributed by atoms with van der Waals surface area (Å²) in [6.45, 7) is 0. The minimum atomic E-state index is 0. The molecule has 0 atom stereocenters. The van der Waals surface area contributed by atoms with Gasteiger partial charge in [0.1, 0.15) is 0 Å². The topological polar surface area (TPSA) is 26.0 Å². The van der Waals surface area contributed by atoms with Crippen molar-refractivity contribution in [1.82, 2.24) is 0 Å². The third kappa shape index (κ3) is 3.00. The maximum Gasteiger partial charge on any atom is 0.0314 e. The average Bonchev–Trinajstić information content (AvgIpc) is 2.30. The predicted octanol–water partition coefficient (Wildman–Crippen LogP) is 3.19. The van der Waals surface area contributed by atoms with Gasteiger partial charge >= 0.3 is 0 Å². The van der Waals surface area contributed by atoms with Gasteiger partial charge in [0, 0.05) is 5.70 Å². The average molecular weight is 220 g/mol. The molecule has 0 spiro atoms. The van der Waals surface area contributed by atoms with E-state index in [0.29, 0.717) is 0 Å². The summed E-state index contributed by atoms with van der Waals surface area (Å²) in [5.41, 5.74) is 9.12. The highest BCUT2D eigenvalue weighted by molar-refractivity contribution is 5.85. The molecule has 2 rings (SSSR count). The first-order valence-electron chi connectivity index (χ1n) is 4.74. The number of rotatable bonds is 0. The predicted molar refractivity (Wildman–Crippen MR) is 67.7 cm³/mol. The van der Waals surface area contributed by atoms with Gasteiger partial charge in [0.25, 0.3) is 0 Å². The van der Waals surface area contributed by atoms with E-state index in [1.165, 1.54) is 11.1 Å². The first-order chi connectivity index (χ1) is 6.86. The summed E-state index contributed by atoms with van der Waals surface area (Å²) in [5, 5.41) is 0. The summed E-state index contributed by atoms with van der Waals surface area (Å²) in [4.78, 5) is 0. The Morgan fingerprint density at radius 3 is 2.60 bits per heavy atom. The highest BCUT2D eigenvalue weighted by Crippen LogP contribution is 2.21. The molecular weight excluding hydrogens is 206 g/mol. The van der Waals surface area contributed by atoms with Gasteiger partial charge in [-0.15, -0.1) is 12.4 Å². The van der Waals surface area contributed by atoms with Gasteiger partial charge in [-0.05, 0) is 29.7 Å². The summed E-state index contributed by atoms with van der Waals surface area (Å²) in [6, 6.07) is 0. The second-order valence-corrected chi connectivity index (χ2v) is 3.33. The van der Waals surface area contributed by atoms with Crippen LogP contribution in [0.25, 0.3) is 0 Å². The van der Waals surface area contributed by atoms with Crippen molar-refractivity contribution in [3.8, 4) is 0 Å². The van der Waals surface area contributed by atoms with Crippen LogP contribution in [0.3, 0.4) is 0 Å². The molecule has 0 amide bonds. The van der Waals surface area contributed by atoms with Crippen LogP contribution in [0, 0.1) is 0 Å². The Kier molecular flexibility index (Phi) is 4.19. The molecule has 0 heterocycles. The highest BCUT2D eigenvalue weighted by Gasteiger charge is 2.02. The van der Waals surface area contributed by atoms with Crippen molar-refractivity contribution in [2.24, 2.45) is 5.73 Å². The van der Waals surface area contributed by atoms with Gasteiger partial charge in [0.05, 0.1) is 0 Å². The Labute approximate surface area is 96.5 Å². The minimum Gasteiger partial charge on any atom is -0.399 e. The van der Waals surface area contributed by atoms with Crippen LogP contribution in [0.5, 0.6) is 0 Å². The fourth-order valence-corrected chi connectivity index (χ4v) is 1.50. The van der Waals surface area contributed by atoms with Crippen molar-refractivity contribution < 1.29 is 0 Å². The van der Waals surface area contributed by atoms with E-state index < -0.39 is 0 Å². The maximum atomic E-state index is 5.75. The molecule has 2 aliphatic carbocycles. The SMILES string of the molecule is Cl.NC1=C/C=C\C=C2\CC=CC=C2/C=C\1. The van der Waals surface area contributed by atoms with E-state index in [0.717, 1.165) is 12.1 Å². The van der Waals surface area contributed by atoms with E-state index in [4.69, 9.17) is 5.73 Å². The fraction of sp³-hybridized carbons (Fsp3) is 0.0769. The van der Waals surface area contributed by atoms with Crippen molar-refractivity contribution >= 4 is 12.4 Å². The van der Waals surface area contributed by atoms with E-state index >= 15 is 0 Å². The van der Waals surface area contributed by atoms with E-state index in [-0.39, 0.29) is 12.4 Å². The standard InChI is InChI=1S/C13H13N.ClH/c14-13-8-4-3-6-11-5-1-2-7-12(11)9-10-13;/h1-4,6-10H,5,14H2;1H/b4-3-,10-9-,11-6-,13-8+;. The lowest BCUT2D eigenvalue weighted by Crippen LogP contribution is -1.93. The van der Waals surface area contributed by atoms with Crippen molar-refractivity contribution in [2.45, 2.75) is 6.42 Å². The molecule has 0 saturated carbocycles. The Balaban J connectivity index is 0.00000112. The molecule has 0 bridgehead atoms. The molecule has 78 valence electrons. The third-order valence-electron chi connectivity index (χ3n) is 2.27. The number of allylic oxidation sites excluding steroid dienone is 11. The molecule has 2 aliphatic rings. The zero-order valence-electron chi connectivity index (χ0n) is 8.39. The molecule has 2 heteroatoms. The quantitative estimate of drug-likeness (QED) is 0.666. The second-order valence-electron chi connectivity index (χ2n) is 3.33. The lowest BCUT2D eigenvalue weighted by Gasteiger charge is -2.08. The number of fused-ring (bicyclic) bond motifs is 1. The van der Waals surface area contributed by atoms with Gasteiger partial charge in [-0.3, -0.25) is 0 Å². The van der Waals surface area contributed by atoms with Gasteiger partial charge in [0.15, 0.2) is 0 Å². The largest absolute Gasteiger partial charge is 0.399 e. The highest BCUT2D eigenvalue weighted by atomic mass is 35.5. The van der Waals surface area contributed by atoms with E-state index in [1.807, 2.05) is 24.3 Å². The van der Waals surface area contributed by atoms with Crippen LogP contribution >= 0.6 is 12.4 Å². The molecule has 0 saturated heterocycles. The summed E-state index contributed by atoms with van der Waals surface area (Å²) < 4.78 is 0. The van der Waals surface area contributed by atoms with Gasteiger partial charge < -0.3 is 5.73 Å². The molecule has 0 unspecified atom stereocenters. The summed E-state index contributed by atoms with van der Waals surface area (Å²) in [5.74, 6) is 0. The molecule has 0 radical (unpaired) electrons. The monoisotopic (exact) mass is 219 g/mol. The number of hydrogen-bond acceptors (Lipinski definition) is 1. The van der Waals surface area contributed by atoms with Crippen molar-refractivity contribution in [1.29, 1.82) is 0 Å². The molecule has 0 aromatic carbocycles. The van der Waals surface area contributed by atoms with Crippen LogP contribution in [0.2, 0.25) is 0 Å². The summed E-state index contributed by atoms with van der Waals surface area (Å²) in [7, 11) is 0. The maximum absolute atomic E-state index is 5.75. The Hall–Kier alpha value is -1.47. The van der Waals surface area contributed by atoms with Gasteiger partial charge in [0.2, 0.25) is 0 Å². The second kappa shape index (κ2) is 5.42. The van der Waals surface area contributed by atoms with Crippen molar-refractivity contribution in [3.63, 3.8) is 0 Å². The third-order valence-corrected chi connectivity index (χ3v) is 2.27. The van der Waals surface area contributed by atoms with Crippen LogP contribution in [0.15, 0.2) is 71.5 Å². The van der Waals surface area contributed by atoms with Crippen LogP contribution < -0.4 is 5.73 Å². The zero-order chi connectivity index (χ0) is 9.80. The van der Waals surface area contributed by atoms with Crippen LogP contribution in [0.4, 0.5) is 0 Å². The van der Waals surface area contributed by atoms with Gasteiger partial charge in [-0.2, -0.15) is 0 Å². The zero-order valence-corrected chi connectivity index (χ0v) is 9.21. The van der Waals surface area contributed by atoms with Gasteiger partial charge in [-0.25, -0.2) is 0 Å².